The fraction of sp³-hybridized carbons (Fsp3) is 0.471. The van der Waals surface area contributed by atoms with E-state index in [0.29, 0.717) is 32.2 Å². The summed E-state index contributed by atoms with van der Waals surface area (Å²) in [6, 6.07) is 5.81. The summed E-state index contributed by atoms with van der Waals surface area (Å²) in [5, 5.41) is 10.7. The van der Waals surface area contributed by atoms with Crippen molar-refractivity contribution >= 4 is 29.9 Å². The lowest BCUT2D eigenvalue weighted by atomic mass is 10.3. The van der Waals surface area contributed by atoms with Crippen molar-refractivity contribution in [1.82, 2.24) is 25.4 Å². The van der Waals surface area contributed by atoms with E-state index < -0.39 is 0 Å². The van der Waals surface area contributed by atoms with Crippen molar-refractivity contribution in [2.45, 2.75) is 20.0 Å². The van der Waals surface area contributed by atoms with Crippen molar-refractivity contribution in [1.29, 1.82) is 0 Å². The first-order chi connectivity index (χ1) is 12.2. The first-order valence-corrected chi connectivity index (χ1v) is 8.29. The van der Waals surface area contributed by atoms with Gasteiger partial charge in [0.15, 0.2) is 5.96 Å². The topological polar surface area (TPSA) is 85.6 Å². The molecule has 0 amide bonds. The number of rotatable bonds is 9. The Kier molecular flexibility index (Phi) is 10.6. The maximum atomic E-state index is 5.65. The number of aliphatic imine (C=N–C) groups is 1. The molecule has 2 heterocycles. The number of aryl methyl sites for hydroxylation is 1. The summed E-state index contributed by atoms with van der Waals surface area (Å²) >= 11 is 0. The summed E-state index contributed by atoms with van der Waals surface area (Å²) in [4.78, 5) is 8.89. The van der Waals surface area contributed by atoms with E-state index >= 15 is 0 Å². The number of guanidine groups is 1. The molecule has 0 radical (unpaired) electrons. The first kappa shape index (κ1) is 22.2. The molecule has 0 bridgehead atoms. The second-order valence-corrected chi connectivity index (χ2v) is 5.30. The Bertz CT molecular complexity index is 677. The molecular formula is C17H27IN6O2. The van der Waals surface area contributed by atoms with Crippen LogP contribution in [0.5, 0.6) is 5.88 Å². The van der Waals surface area contributed by atoms with Gasteiger partial charge in [0.05, 0.1) is 25.4 Å². The third kappa shape index (κ3) is 7.16. The normalized spacial score (nSPS) is 11.0. The van der Waals surface area contributed by atoms with Crippen LogP contribution in [0.3, 0.4) is 0 Å². The maximum absolute atomic E-state index is 5.65. The lowest BCUT2D eigenvalue weighted by Gasteiger charge is -2.12. The average molecular weight is 474 g/mol. The lowest BCUT2D eigenvalue weighted by Crippen LogP contribution is -2.37. The number of aromatic nitrogens is 3. The van der Waals surface area contributed by atoms with Gasteiger partial charge >= 0.3 is 0 Å². The Hall–Kier alpha value is -1.88. The van der Waals surface area contributed by atoms with Crippen LogP contribution in [-0.2, 0) is 24.9 Å². The summed E-state index contributed by atoms with van der Waals surface area (Å²) in [7, 11) is 3.56. The van der Waals surface area contributed by atoms with E-state index in [1.807, 2.05) is 36.9 Å². The van der Waals surface area contributed by atoms with E-state index in [1.54, 1.807) is 19.5 Å². The molecule has 0 saturated carbocycles. The van der Waals surface area contributed by atoms with E-state index in [1.165, 1.54) is 0 Å². The number of methoxy groups -OCH3 is 1. The van der Waals surface area contributed by atoms with E-state index in [2.05, 4.69) is 25.7 Å². The minimum absolute atomic E-state index is 0. The van der Waals surface area contributed by atoms with Crippen molar-refractivity contribution < 1.29 is 9.47 Å². The molecule has 0 saturated heterocycles. The zero-order chi connectivity index (χ0) is 17.9. The number of ether oxygens (including phenoxy) is 2. The molecule has 2 aromatic rings. The molecule has 0 atom stereocenters. The Morgan fingerprint density at radius 3 is 2.77 bits per heavy atom. The van der Waals surface area contributed by atoms with Crippen molar-refractivity contribution in [3.63, 3.8) is 0 Å². The molecule has 0 aromatic carbocycles. The van der Waals surface area contributed by atoms with Crippen LogP contribution >= 0.6 is 24.0 Å². The Morgan fingerprint density at radius 1 is 1.23 bits per heavy atom. The predicted molar refractivity (Wildman–Crippen MR) is 112 cm³/mol. The van der Waals surface area contributed by atoms with Crippen molar-refractivity contribution in [2.75, 3.05) is 26.9 Å². The highest BCUT2D eigenvalue weighted by Gasteiger charge is 2.06. The second kappa shape index (κ2) is 12.5. The highest BCUT2D eigenvalue weighted by Crippen LogP contribution is 2.15. The molecule has 0 aliphatic rings. The summed E-state index contributed by atoms with van der Waals surface area (Å²) in [6.45, 7) is 4.91. The van der Waals surface area contributed by atoms with Gasteiger partial charge in [0, 0.05) is 38.7 Å². The predicted octanol–water partition coefficient (Wildman–Crippen LogP) is 1.71. The molecule has 2 N–H and O–H groups in total. The minimum atomic E-state index is 0. The van der Waals surface area contributed by atoms with E-state index in [9.17, 15) is 0 Å². The van der Waals surface area contributed by atoms with Crippen molar-refractivity contribution in [3.8, 4) is 5.88 Å². The van der Waals surface area contributed by atoms with Crippen LogP contribution in [0.2, 0.25) is 0 Å². The molecule has 0 unspecified atom stereocenters. The molecule has 8 nitrogen and oxygen atoms in total. The largest absolute Gasteiger partial charge is 0.475 e. The molecule has 0 aliphatic heterocycles. The van der Waals surface area contributed by atoms with Crippen molar-refractivity contribution in [3.05, 3.63) is 41.9 Å². The zero-order valence-electron chi connectivity index (χ0n) is 15.4. The number of nitrogens with one attached hydrogen (secondary N) is 2. The smallest absolute Gasteiger partial charge is 0.218 e. The fourth-order valence-corrected chi connectivity index (χ4v) is 2.15. The molecule has 9 heteroatoms. The van der Waals surface area contributed by atoms with Gasteiger partial charge in [-0.1, -0.05) is 6.07 Å². The van der Waals surface area contributed by atoms with Gasteiger partial charge in [-0.05, 0) is 19.1 Å². The lowest BCUT2D eigenvalue weighted by molar-refractivity contribution is 0.143. The Balaban J connectivity index is 0.00000338. The zero-order valence-corrected chi connectivity index (χ0v) is 17.8. The maximum Gasteiger partial charge on any atom is 0.218 e. The van der Waals surface area contributed by atoms with E-state index in [0.717, 1.165) is 23.8 Å². The van der Waals surface area contributed by atoms with Gasteiger partial charge in [-0.15, -0.1) is 24.0 Å². The Morgan fingerprint density at radius 2 is 2.08 bits per heavy atom. The number of pyridine rings is 1. The standard InChI is InChI=1S/C17H26N6O2.HI/c1-4-18-17(21-13-15-7-9-22-23(15)2)20-12-14-6-5-8-19-16(14)25-11-10-24-3;/h5-9H,4,10-13H2,1-3H3,(H2,18,20,21);1H. The molecule has 26 heavy (non-hydrogen) atoms. The first-order valence-electron chi connectivity index (χ1n) is 8.29. The van der Waals surface area contributed by atoms with E-state index in [4.69, 9.17) is 9.47 Å². The monoisotopic (exact) mass is 474 g/mol. The highest BCUT2D eigenvalue weighted by atomic mass is 127. The number of nitrogens with zero attached hydrogens (tertiary/aromatic N) is 4. The summed E-state index contributed by atoms with van der Waals surface area (Å²) in [5.74, 6) is 1.32. The Labute approximate surface area is 171 Å². The van der Waals surface area contributed by atoms with Crippen LogP contribution in [0, 0.1) is 0 Å². The molecule has 0 spiro atoms. The van der Waals surface area contributed by atoms with Gasteiger partial charge in [-0.25, -0.2) is 9.98 Å². The summed E-state index contributed by atoms with van der Waals surface area (Å²) in [6.07, 6.45) is 3.49. The minimum Gasteiger partial charge on any atom is -0.475 e. The van der Waals surface area contributed by atoms with E-state index in [-0.39, 0.29) is 24.0 Å². The van der Waals surface area contributed by atoms with Gasteiger partial charge in [-0.3, -0.25) is 4.68 Å². The van der Waals surface area contributed by atoms with Gasteiger partial charge < -0.3 is 20.1 Å². The van der Waals surface area contributed by atoms with Gasteiger partial charge in [-0.2, -0.15) is 5.10 Å². The van der Waals surface area contributed by atoms with Crippen LogP contribution < -0.4 is 15.4 Å². The number of hydrogen-bond acceptors (Lipinski definition) is 5. The van der Waals surface area contributed by atoms with Crippen LogP contribution in [-0.4, -0.2) is 47.6 Å². The van der Waals surface area contributed by atoms with Crippen molar-refractivity contribution in [2.24, 2.45) is 12.0 Å². The van der Waals surface area contributed by atoms with Crippen LogP contribution in [0.4, 0.5) is 0 Å². The quantitative estimate of drug-likeness (QED) is 0.249. The molecular weight excluding hydrogens is 447 g/mol. The van der Waals surface area contributed by atoms with Crippen LogP contribution in [0.25, 0.3) is 0 Å². The molecule has 2 rings (SSSR count). The fourth-order valence-electron chi connectivity index (χ4n) is 2.15. The van der Waals surface area contributed by atoms with Crippen LogP contribution in [0.15, 0.2) is 35.6 Å². The van der Waals surface area contributed by atoms with Crippen LogP contribution in [0.1, 0.15) is 18.2 Å². The highest BCUT2D eigenvalue weighted by molar-refractivity contribution is 14.0. The summed E-state index contributed by atoms with van der Waals surface area (Å²) < 4.78 is 12.5. The average Bonchev–Trinajstić information content (AvgIpc) is 3.03. The van der Waals surface area contributed by atoms with Gasteiger partial charge in [0.25, 0.3) is 0 Å². The molecule has 0 aliphatic carbocycles. The number of hydrogen-bond donors (Lipinski definition) is 2. The third-order valence-corrected chi connectivity index (χ3v) is 3.49. The van der Waals surface area contributed by atoms with Gasteiger partial charge in [0.1, 0.15) is 6.61 Å². The molecule has 144 valence electrons. The molecule has 2 aromatic heterocycles. The number of halogens is 1. The SMILES string of the molecule is CCNC(=NCc1cccnc1OCCOC)NCc1ccnn1C.I. The third-order valence-electron chi connectivity index (χ3n) is 3.49. The van der Waals surface area contributed by atoms with Gasteiger partial charge in [0.2, 0.25) is 5.88 Å². The molecule has 0 fully saturated rings. The summed E-state index contributed by atoms with van der Waals surface area (Å²) in [5.41, 5.74) is 2.01. The second-order valence-electron chi connectivity index (χ2n) is 5.30.